The summed E-state index contributed by atoms with van der Waals surface area (Å²) >= 11 is 3.23. The fraction of sp³-hybridized carbons (Fsp3) is 0.417. The summed E-state index contributed by atoms with van der Waals surface area (Å²) in [5.74, 6) is 1.30. The molecule has 2 atom stereocenters. The Hall–Kier alpha value is -0.900. The van der Waals surface area contributed by atoms with Crippen LogP contribution in [0.2, 0.25) is 0 Å². The summed E-state index contributed by atoms with van der Waals surface area (Å²) in [6.07, 6.45) is 1.12. The number of hydrogen-bond donors (Lipinski definition) is 0. The Kier molecular flexibility index (Phi) is 2.11. The molecule has 2 aromatic rings. The summed E-state index contributed by atoms with van der Waals surface area (Å²) < 4.78 is 16.1. The van der Waals surface area contributed by atoms with Crippen LogP contribution in [0, 0.1) is 5.82 Å². The summed E-state index contributed by atoms with van der Waals surface area (Å²) in [5.41, 5.74) is 1.79. The monoisotopic (exact) mass is 282 g/mol. The summed E-state index contributed by atoms with van der Waals surface area (Å²) in [5, 5.41) is 0. The van der Waals surface area contributed by atoms with Crippen LogP contribution in [0.3, 0.4) is 0 Å². The number of aromatic nitrogens is 2. The minimum Gasteiger partial charge on any atom is -0.325 e. The van der Waals surface area contributed by atoms with Crippen LogP contribution in [-0.2, 0) is 0 Å². The number of imidazole rings is 1. The van der Waals surface area contributed by atoms with E-state index in [0.717, 1.165) is 23.3 Å². The summed E-state index contributed by atoms with van der Waals surface area (Å²) in [6, 6.07) is 3.78. The Morgan fingerprint density at radius 2 is 2.19 bits per heavy atom. The maximum atomic E-state index is 13.4. The summed E-state index contributed by atoms with van der Waals surface area (Å²) in [7, 11) is 0. The number of fused-ring (bicyclic) bond motifs is 3. The predicted octanol–water partition coefficient (Wildman–Crippen LogP) is 4.01. The number of nitrogens with zero attached hydrogens (tertiary/aromatic N) is 2. The van der Waals surface area contributed by atoms with Gasteiger partial charge in [-0.3, -0.25) is 0 Å². The van der Waals surface area contributed by atoms with E-state index in [1.54, 1.807) is 0 Å². The third kappa shape index (κ3) is 1.25. The van der Waals surface area contributed by atoms with E-state index in [9.17, 15) is 4.39 Å². The van der Waals surface area contributed by atoms with E-state index in [1.165, 1.54) is 6.07 Å². The molecule has 0 bridgehead atoms. The second-order valence-corrected chi connectivity index (χ2v) is 5.44. The van der Waals surface area contributed by atoms with E-state index in [1.807, 2.05) is 6.07 Å². The lowest BCUT2D eigenvalue weighted by Crippen LogP contribution is -1.98. The molecule has 0 spiro atoms. The summed E-state index contributed by atoms with van der Waals surface area (Å²) in [4.78, 5) is 4.53. The van der Waals surface area contributed by atoms with E-state index in [0.29, 0.717) is 16.4 Å². The first-order chi connectivity index (χ1) is 7.58. The molecule has 1 aromatic heterocycles. The quantitative estimate of drug-likeness (QED) is 0.714. The third-order valence-corrected chi connectivity index (χ3v) is 3.94. The highest BCUT2D eigenvalue weighted by Gasteiger charge is 2.28. The first-order valence-electron chi connectivity index (χ1n) is 5.45. The van der Waals surface area contributed by atoms with E-state index in [4.69, 9.17) is 0 Å². The number of benzene rings is 1. The molecule has 2 unspecified atom stereocenters. The van der Waals surface area contributed by atoms with Crippen molar-refractivity contribution in [3.05, 3.63) is 28.2 Å². The Labute approximate surface area is 102 Å². The molecule has 0 amide bonds. The molecule has 0 fully saturated rings. The Morgan fingerprint density at radius 1 is 1.44 bits per heavy atom. The molecular weight excluding hydrogens is 271 g/mol. The van der Waals surface area contributed by atoms with Gasteiger partial charge in [-0.05, 0) is 35.3 Å². The first kappa shape index (κ1) is 10.3. The Balaban J connectivity index is 2.36. The smallest absolute Gasteiger partial charge is 0.139 e. The molecule has 0 N–H and O–H groups in total. The highest BCUT2D eigenvalue weighted by atomic mass is 79.9. The van der Waals surface area contributed by atoms with Crippen molar-refractivity contribution < 1.29 is 4.39 Å². The lowest BCUT2D eigenvalue weighted by molar-refractivity contribution is 0.571. The molecule has 0 saturated carbocycles. The zero-order valence-electron chi connectivity index (χ0n) is 9.17. The second-order valence-electron chi connectivity index (χ2n) is 4.58. The number of rotatable bonds is 0. The van der Waals surface area contributed by atoms with Crippen LogP contribution in [-0.4, -0.2) is 9.55 Å². The largest absolute Gasteiger partial charge is 0.325 e. The molecule has 0 saturated heterocycles. The van der Waals surface area contributed by atoms with Crippen molar-refractivity contribution in [3.63, 3.8) is 0 Å². The van der Waals surface area contributed by atoms with Crippen molar-refractivity contribution in [3.8, 4) is 0 Å². The highest BCUT2D eigenvalue weighted by Crippen LogP contribution is 2.39. The normalized spacial score (nSPS) is 24.0. The van der Waals surface area contributed by atoms with E-state index in [2.05, 4.69) is 39.3 Å². The van der Waals surface area contributed by atoms with Crippen LogP contribution in [0.4, 0.5) is 4.39 Å². The maximum absolute atomic E-state index is 13.4. The van der Waals surface area contributed by atoms with Gasteiger partial charge in [0.05, 0.1) is 15.5 Å². The van der Waals surface area contributed by atoms with E-state index < -0.39 is 0 Å². The molecule has 1 aromatic carbocycles. The van der Waals surface area contributed by atoms with Crippen LogP contribution in [0.25, 0.3) is 11.0 Å². The molecule has 2 heterocycles. The molecule has 1 aliphatic heterocycles. The number of halogens is 2. The van der Waals surface area contributed by atoms with Gasteiger partial charge in [0.25, 0.3) is 0 Å². The van der Waals surface area contributed by atoms with E-state index in [-0.39, 0.29) is 5.82 Å². The fourth-order valence-electron chi connectivity index (χ4n) is 2.64. The van der Waals surface area contributed by atoms with Crippen molar-refractivity contribution in [1.82, 2.24) is 9.55 Å². The molecule has 4 heteroatoms. The molecule has 16 heavy (non-hydrogen) atoms. The molecule has 84 valence electrons. The van der Waals surface area contributed by atoms with Gasteiger partial charge in [-0.15, -0.1) is 0 Å². The zero-order valence-corrected chi connectivity index (χ0v) is 10.8. The van der Waals surface area contributed by atoms with Crippen molar-refractivity contribution in [1.29, 1.82) is 0 Å². The molecule has 3 rings (SSSR count). The fourth-order valence-corrected chi connectivity index (χ4v) is 2.97. The molecular formula is C12H12BrFN2. The van der Waals surface area contributed by atoms with Gasteiger partial charge in [-0.1, -0.05) is 6.92 Å². The van der Waals surface area contributed by atoms with Gasteiger partial charge in [0.2, 0.25) is 0 Å². The van der Waals surface area contributed by atoms with Crippen molar-refractivity contribution in [2.24, 2.45) is 0 Å². The highest BCUT2D eigenvalue weighted by molar-refractivity contribution is 9.10. The van der Waals surface area contributed by atoms with Gasteiger partial charge in [-0.2, -0.15) is 0 Å². The van der Waals surface area contributed by atoms with Crippen molar-refractivity contribution in [2.45, 2.75) is 32.2 Å². The van der Waals surface area contributed by atoms with Crippen LogP contribution in [0.15, 0.2) is 16.6 Å². The van der Waals surface area contributed by atoms with Crippen LogP contribution >= 0.6 is 15.9 Å². The minimum absolute atomic E-state index is 0.246. The molecule has 2 nitrogen and oxygen atoms in total. The Morgan fingerprint density at radius 3 is 2.94 bits per heavy atom. The average Bonchev–Trinajstić information content (AvgIpc) is 2.68. The van der Waals surface area contributed by atoms with Gasteiger partial charge >= 0.3 is 0 Å². The van der Waals surface area contributed by atoms with Crippen molar-refractivity contribution in [2.75, 3.05) is 0 Å². The van der Waals surface area contributed by atoms with E-state index >= 15 is 0 Å². The van der Waals surface area contributed by atoms with Gasteiger partial charge in [0.1, 0.15) is 11.6 Å². The standard InChI is InChI=1S/C12H12BrFN2/c1-6-3-7(2)16-11-4-8(13)9(14)5-10(11)15-12(6)16/h4-7H,3H2,1-2H3. The third-order valence-electron chi connectivity index (χ3n) is 3.34. The second kappa shape index (κ2) is 3.29. The van der Waals surface area contributed by atoms with Gasteiger partial charge in [0, 0.05) is 18.0 Å². The maximum Gasteiger partial charge on any atom is 0.139 e. The molecule has 0 aliphatic carbocycles. The van der Waals surface area contributed by atoms with Gasteiger partial charge in [-0.25, -0.2) is 9.37 Å². The lowest BCUT2D eigenvalue weighted by Gasteiger charge is -2.07. The topological polar surface area (TPSA) is 17.8 Å². The van der Waals surface area contributed by atoms with Crippen LogP contribution < -0.4 is 0 Å². The van der Waals surface area contributed by atoms with Crippen LogP contribution in [0.1, 0.15) is 38.1 Å². The van der Waals surface area contributed by atoms with Gasteiger partial charge < -0.3 is 4.57 Å². The first-order valence-corrected chi connectivity index (χ1v) is 6.24. The lowest BCUT2D eigenvalue weighted by atomic mass is 10.1. The molecule has 1 aliphatic rings. The zero-order chi connectivity index (χ0) is 11.4. The van der Waals surface area contributed by atoms with Crippen molar-refractivity contribution >= 4 is 27.0 Å². The van der Waals surface area contributed by atoms with Crippen LogP contribution in [0.5, 0.6) is 0 Å². The minimum atomic E-state index is -0.246. The SMILES string of the molecule is CC1CC(C)n2c1nc1cc(F)c(Br)cc12. The van der Waals surface area contributed by atoms with Gasteiger partial charge in [0.15, 0.2) is 0 Å². The number of hydrogen-bond acceptors (Lipinski definition) is 1. The summed E-state index contributed by atoms with van der Waals surface area (Å²) in [6.45, 7) is 4.36. The average molecular weight is 283 g/mol. The Bertz CT molecular complexity index is 576. The molecule has 0 radical (unpaired) electrons. The predicted molar refractivity (Wildman–Crippen MR) is 65.1 cm³/mol.